The van der Waals surface area contributed by atoms with Gasteiger partial charge in [-0.1, -0.05) is 0 Å². The zero-order valence-electron chi connectivity index (χ0n) is 12.4. The van der Waals surface area contributed by atoms with Crippen molar-refractivity contribution in [3.63, 3.8) is 0 Å². The summed E-state index contributed by atoms with van der Waals surface area (Å²) < 4.78 is 1.51. The van der Waals surface area contributed by atoms with Crippen molar-refractivity contribution in [2.45, 2.75) is 37.3 Å². The zero-order chi connectivity index (χ0) is 14.7. The number of fused-ring (bicyclic) bond motifs is 3. The van der Waals surface area contributed by atoms with Gasteiger partial charge in [-0.3, -0.25) is 9.69 Å². The summed E-state index contributed by atoms with van der Waals surface area (Å²) in [5, 5.41) is 11.6. The van der Waals surface area contributed by atoms with Crippen LogP contribution in [-0.4, -0.2) is 50.3 Å². The molecule has 5 heterocycles. The highest BCUT2D eigenvalue weighted by atomic mass is 16.1. The number of aromatic nitrogens is 3. The lowest BCUT2D eigenvalue weighted by atomic mass is 9.77. The van der Waals surface area contributed by atoms with Crippen LogP contribution in [0.1, 0.15) is 36.0 Å². The van der Waals surface area contributed by atoms with E-state index < -0.39 is 0 Å². The first-order chi connectivity index (χ1) is 10.8. The number of hydrogen-bond acceptors (Lipinski definition) is 4. The van der Waals surface area contributed by atoms with Gasteiger partial charge in [-0.15, -0.1) is 0 Å². The number of carbonyl (C=O) groups is 1. The van der Waals surface area contributed by atoms with E-state index in [1.54, 1.807) is 12.4 Å². The van der Waals surface area contributed by atoms with E-state index in [0.717, 1.165) is 5.52 Å². The lowest BCUT2D eigenvalue weighted by molar-refractivity contribution is -0.00142. The molecule has 1 spiro atoms. The van der Waals surface area contributed by atoms with Crippen molar-refractivity contribution < 1.29 is 4.79 Å². The fourth-order valence-electron chi connectivity index (χ4n) is 4.55. The van der Waals surface area contributed by atoms with Crippen molar-refractivity contribution in [3.8, 4) is 0 Å². The summed E-state index contributed by atoms with van der Waals surface area (Å²) in [5.74, 6) is 0.629. The predicted molar refractivity (Wildman–Crippen MR) is 80.5 cm³/mol. The molecule has 6 nitrogen and oxygen atoms in total. The molecule has 2 aromatic heterocycles. The molecule has 114 valence electrons. The van der Waals surface area contributed by atoms with E-state index in [-0.39, 0.29) is 11.4 Å². The quantitative estimate of drug-likeness (QED) is 0.901. The van der Waals surface area contributed by atoms with Crippen LogP contribution in [0.5, 0.6) is 0 Å². The molecule has 3 saturated heterocycles. The second kappa shape index (κ2) is 4.29. The van der Waals surface area contributed by atoms with Gasteiger partial charge in [-0.25, -0.2) is 0 Å². The highest BCUT2D eigenvalue weighted by Gasteiger charge is 2.60. The zero-order valence-corrected chi connectivity index (χ0v) is 12.4. The first kappa shape index (κ1) is 12.6. The Hall–Kier alpha value is -1.95. The van der Waals surface area contributed by atoms with Crippen molar-refractivity contribution in [1.82, 2.24) is 25.0 Å². The van der Waals surface area contributed by atoms with Crippen molar-refractivity contribution in [3.05, 3.63) is 30.1 Å². The predicted octanol–water partition coefficient (Wildman–Crippen LogP) is 1.09. The second-order valence-electron chi connectivity index (χ2n) is 6.84. The number of amides is 1. The normalized spacial score (nSPS) is 31.5. The number of nitrogens with one attached hydrogen (secondary N) is 1. The van der Waals surface area contributed by atoms with E-state index in [1.165, 1.54) is 43.4 Å². The maximum absolute atomic E-state index is 12.8. The SMILES string of the molecule is O=C(N[C@H]1C2CCN(CC2)C12CC2)c1cnn2ncccc12. The summed E-state index contributed by atoms with van der Waals surface area (Å²) in [6, 6.07) is 4.03. The Morgan fingerprint density at radius 2 is 2.09 bits per heavy atom. The third-order valence-electron chi connectivity index (χ3n) is 5.82. The molecule has 0 unspecified atom stereocenters. The molecule has 3 aliphatic heterocycles. The van der Waals surface area contributed by atoms with Gasteiger partial charge in [0.25, 0.3) is 5.91 Å². The topological polar surface area (TPSA) is 62.5 Å². The molecule has 1 amide bonds. The number of carbonyl (C=O) groups excluding carboxylic acids is 1. The first-order valence-corrected chi connectivity index (χ1v) is 8.13. The molecule has 1 atom stereocenters. The molecule has 0 radical (unpaired) electrons. The highest BCUT2D eigenvalue weighted by Crippen LogP contribution is 2.53. The van der Waals surface area contributed by atoms with E-state index in [4.69, 9.17) is 0 Å². The van der Waals surface area contributed by atoms with Gasteiger partial charge in [0.05, 0.1) is 17.8 Å². The Labute approximate surface area is 128 Å². The van der Waals surface area contributed by atoms with Crippen molar-refractivity contribution in [1.29, 1.82) is 0 Å². The number of hydrogen-bond donors (Lipinski definition) is 1. The van der Waals surface area contributed by atoms with Crippen LogP contribution in [0, 0.1) is 5.92 Å². The smallest absolute Gasteiger partial charge is 0.255 e. The Bertz CT molecular complexity index is 742. The molecular weight excluding hydrogens is 278 g/mol. The number of rotatable bonds is 2. The molecule has 0 aromatic carbocycles. The fourth-order valence-corrected chi connectivity index (χ4v) is 4.55. The van der Waals surface area contributed by atoms with Gasteiger partial charge in [-0.2, -0.15) is 14.8 Å². The number of nitrogens with zero attached hydrogens (tertiary/aromatic N) is 4. The lowest BCUT2D eigenvalue weighted by Gasteiger charge is -2.52. The summed E-state index contributed by atoms with van der Waals surface area (Å²) in [5.41, 5.74) is 1.66. The van der Waals surface area contributed by atoms with Crippen molar-refractivity contribution in [2.24, 2.45) is 5.92 Å². The maximum atomic E-state index is 12.8. The average Bonchev–Trinajstić information content (AvgIpc) is 3.21. The molecule has 4 fully saturated rings. The van der Waals surface area contributed by atoms with Gasteiger partial charge in [0, 0.05) is 11.7 Å². The van der Waals surface area contributed by atoms with Crippen molar-refractivity contribution in [2.75, 3.05) is 13.1 Å². The minimum absolute atomic E-state index is 0.00646. The third kappa shape index (κ3) is 1.61. The van der Waals surface area contributed by atoms with Gasteiger partial charge < -0.3 is 5.32 Å². The van der Waals surface area contributed by atoms with E-state index in [1.807, 2.05) is 12.1 Å². The monoisotopic (exact) mass is 297 g/mol. The lowest BCUT2D eigenvalue weighted by Crippen LogP contribution is -2.65. The molecule has 2 bridgehead atoms. The molecule has 4 aliphatic rings. The minimum Gasteiger partial charge on any atom is -0.347 e. The van der Waals surface area contributed by atoms with Crippen LogP contribution < -0.4 is 5.32 Å². The van der Waals surface area contributed by atoms with Crippen LogP contribution in [0.4, 0.5) is 0 Å². The largest absolute Gasteiger partial charge is 0.347 e. The molecule has 1 N–H and O–H groups in total. The molecule has 1 aliphatic carbocycles. The van der Waals surface area contributed by atoms with Gasteiger partial charge in [0.2, 0.25) is 0 Å². The van der Waals surface area contributed by atoms with Crippen LogP contribution in [0.25, 0.3) is 5.52 Å². The van der Waals surface area contributed by atoms with Gasteiger partial charge in [-0.05, 0) is 56.8 Å². The summed E-state index contributed by atoms with van der Waals surface area (Å²) >= 11 is 0. The van der Waals surface area contributed by atoms with E-state index in [0.29, 0.717) is 17.5 Å². The summed E-state index contributed by atoms with van der Waals surface area (Å²) in [4.78, 5) is 15.4. The average molecular weight is 297 g/mol. The Morgan fingerprint density at radius 1 is 1.27 bits per heavy atom. The molecule has 6 heteroatoms. The standard InChI is InChI=1S/C16H19N5O/c22-15(12-10-18-21-13(12)2-1-7-17-21)19-14-11-3-8-20(9-4-11)16(14)5-6-16/h1-2,7,10-11,14H,3-6,8-9H2,(H,19,22)/t14-/m0/s1. The van der Waals surface area contributed by atoms with E-state index in [9.17, 15) is 4.79 Å². The summed E-state index contributed by atoms with van der Waals surface area (Å²) in [6.07, 6.45) is 8.18. The first-order valence-electron chi connectivity index (χ1n) is 8.13. The fraction of sp³-hybridized carbons (Fsp3) is 0.562. The van der Waals surface area contributed by atoms with Crippen LogP contribution in [-0.2, 0) is 0 Å². The van der Waals surface area contributed by atoms with Crippen LogP contribution >= 0.6 is 0 Å². The van der Waals surface area contributed by atoms with Crippen LogP contribution in [0.3, 0.4) is 0 Å². The summed E-state index contributed by atoms with van der Waals surface area (Å²) in [6.45, 7) is 2.41. The van der Waals surface area contributed by atoms with Crippen molar-refractivity contribution >= 4 is 11.4 Å². The third-order valence-corrected chi connectivity index (χ3v) is 5.82. The van der Waals surface area contributed by atoms with Crippen LogP contribution in [0.15, 0.2) is 24.5 Å². The van der Waals surface area contributed by atoms with E-state index >= 15 is 0 Å². The molecule has 6 rings (SSSR count). The van der Waals surface area contributed by atoms with Gasteiger partial charge >= 0.3 is 0 Å². The molecule has 2 aromatic rings. The van der Waals surface area contributed by atoms with Gasteiger partial charge in [0.1, 0.15) is 5.52 Å². The highest BCUT2D eigenvalue weighted by molar-refractivity contribution is 6.00. The minimum atomic E-state index is -0.00646. The van der Waals surface area contributed by atoms with Crippen LogP contribution in [0.2, 0.25) is 0 Å². The number of piperidine rings is 3. The Kier molecular flexibility index (Phi) is 2.45. The molecular formula is C16H19N5O. The molecule has 1 saturated carbocycles. The summed E-state index contributed by atoms with van der Waals surface area (Å²) in [7, 11) is 0. The molecule has 22 heavy (non-hydrogen) atoms. The second-order valence-corrected chi connectivity index (χ2v) is 6.84. The Morgan fingerprint density at radius 3 is 2.86 bits per heavy atom. The van der Waals surface area contributed by atoms with E-state index in [2.05, 4.69) is 20.4 Å². The maximum Gasteiger partial charge on any atom is 0.255 e. The van der Waals surface area contributed by atoms with Gasteiger partial charge in [0.15, 0.2) is 0 Å². The Balaban J connectivity index is 1.45.